The zero-order valence-corrected chi connectivity index (χ0v) is 16.7. The van der Waals surface area contributed by atoms with E-state index in [1.807, 2.05) is 17.0 Å². The van der Waals surface area contributed by atoms with Crippen molar-refractivity contribution in [3.05, 3.63) is 53.9 Å². The number of para-hydroxylation sites is 1. The molecule has 1 aromatic carbocycles. The van der Waals surface area contributed by atoms with Crippen LogP contribution in [0.1, 0.15) is 41.6 Å². The van der Waals surface area contributed by atoms with Crippen molar-refractivity contribution in [3.8, 4) is 11.5 Å². The third-order valence-electron chi connectivity index (χ3n) is 6.83. The Hall–Kier alpha value is -2.60. The summed E-state index contributed by atoms with van der Waals surface area (Å²) in [5.41, 5.74) is 2.35. The second-order valence-corrected chi connectivity index (χ2v) is 8.46. The molecule has 3 aliphatic rings. The van der Waals surface area contributed by atoms with Crippen LogP contribution in [0.4, 0.5) is 0 Å². The summed E-state index contributed by atoms with van der Waals surface area (Å²) < 4.78 is 11.2. The molecule has 0 radical (unpaired) electrons. The van der Waals surface area contributed by atoms with Gasteiger partial charge in [-0.3, -0.25) is 14.7 Å². The zero-order chi connectivity index (χ0) is 19.7. The number of fused-ring (bicyclic) bond motifs is 1. The number of carbonyl (C=O) groups is 1. The van der Waals surface area contributed by atoms with E-state index >= 15 is 0 Å². The molecule has 1 aromatic heterocycles. The highest BCUT2D eigenvalue weighted by Crippen LogP contribution is 2.42. The maximum atomic E-state index is 12.7. The topological polar surface area (TPSA) is 54.9 Å². The van der Waals surface area contributed by atoms with Crippen LogP contribution in [-0.2, 0) is 6.54 Å². The van der Waals surface area contributed by atoms with Crippen molar-refractivity contribution in [2.45, 2.75) is 32.2 Å². The number of rotatable bonds is 3. The molecular weight excluding hydrogens is 366 g/mol. The Bertz CT molecular complexity index is 868. The average molecular weight is 393 g/mol. The number of piperidine rings is 2. The highest BCUT2D eigenvalue weighted by Gasteiger charge is 2.38. The quantitative estimate of drug-likeness (QED) is 0.801. The lowest BCUT2D eigenvalue weighted by atomic mass is 9.71. The molecule has 2 fully saturated rings. The number of hydrogen-bond donors (Lipinski definition) is 0. The second kappa shape index (κ2) is 7.67. The van der Waals surface area contributed by atoms with Crippen molar-refractivity contribution in [3.63, 3.8) is 0 Å². The molecule has 0 N–H and O–H groups in total. The van der Waals surface area contributed by atoms with Crippen LogP contribution in [0.25, 0.3) is 0 Å². The van der Waals surface area contributed by atoms with Gasteiger partial charge in [-0.05, 0) is 62.4 Å². The summed E-state index contributed by atoms with van der Waals surface area (Å²) in [5, 5.41) is 0. The van der Waals surface area contributed by atoms with Crippen LogP contribution in [0.5, 0.6) is 11.5 Å². The molecule has 6 nitrogen and oxygen atoms in total. The molecule has 0 saturated carbocycles. The average Bonchev–Trinajstić information content (AvgIpc) is 3.26. The van der Waals surface area contributed by atoms with Gasteiger partial charge in [-0.25, -0.2) is 0 Å². The lowest BCUT2D eigenvalue weighted by Gasteiger charge is -2.47. The van der Waals surface area contributed by atoms with Crippen molar-refractivity contribution in [2.75, 3.05) is 33.0 Å². The number of amides is 1. The first-order valence-corrected chi connectivity index (χ1v) is 10.5. The fraction of sp³-hybridized carbons (Fsp3) is 0.478. The van der Waals surface area contributed by atoms with Gasteiger partial charge < -0.3 is 14.4 Å². The first-order valence-electron chi connectivity index (χ1n) is 10.5. The van der Waals surface area contributed by atoms with Gasteiger partial charge in [0.25, 0.3) is 5.91 Å². The minimum atomic E-state index is 0.139. The fourth-order valence-corrected chi connectivity index (χ4v) is 4.90. The number of hydrogen-bond acceptors (Lipinski definition) is 5. The van der Waals surface area contributed by atoms with Gasteiger partial charge in [0.15, 0.2) is 11.5 Å². The van der Waals surface area contributed by atoms with Crippen molar-refractivity contribution >= 4 is 5.91 Å². The molecule has 0 unspecified atom stereocenters. The minimum Gasteiger partial charge on any atom is -0.454 e. The zero-order valence-electron chi connectivity index (χ0n) is 16.7. The minimum absolute atomic E-state index is 0.139. The van der Waals surface area contributed by atoms with Crippen molar-refractivity contribution in [1.29, 1.82) is 0 Å². The van der Waals surface area contributed by atoms with E-state index in [0.717, 1.165) is 62.6 Å². The Kier molecular flexibility index (Phi) is 4.87. The lowest BCUT2D eigenvalue weighted by Crippen LogP contribution is -2.48. The van der Waals surface area contributed by atoms with Crippen LogP contribution in [0.2, 0.25) is 0 Å². The van der Waals surface area contributed by atoms with Crippen LogP contribution in [0.3, 0.4) is 0 Å². The number of nitrogens with zero attached hydrogens (tertiary/aromatic N) is 3. The number of benzene rings is 1. The Balaban J connectivity index is 1.16. The van der Waals surface area contributed by atoms with Gasteiger partial charge in [-0.15, -0.1) is 0 Å². The van der Waals surface area contributed by atoms with E-state index in [1.165, 1.54) is 18.4 Å². The maximum absolute atomic E-state index is 12.7. The van der Waals surface area contributed by atoms with E-state index in [9.17, 15) is 4.79 Å². The molecule has 2 saturated heterocycles. The van der Waals surface area contributed by atoms with Gasteiger partial charge in [0.1, 0.15) is 0 Å². The summed E-state index contributed by atoms with van der Waals surface area (Å²) in [6.07, 6.45) is 8.00. The van der Waals surface area contributed by atoms with E-state index < -0.39 is 0 Å². The summed E-state index contributed by atoms with van der Waals surface area (Å²) in [4.78, 5) is 21.2. The maximum Gasteiger partial charge on any atom is 0.253 e. The number of ether oxygens (including phenoxy) is 2. The van der Waals surface area contributed by atoms with Crippen molar-refractivity contribution in [2.24, 2.45) is 5.41 Å². The van der Waals surface area contributed by atoms with E-state index in [1.54, 1.807) is 24.5 Å². The smallest absolute Gasteiger partial charge is 0.253 e. The molecule has 5 rings (SSSR count). The Labute approximate surface area is 171 Å². The number of likely N-dealkylation sites (tertiary alicyclic amines) is 2. The predicted molar refractivity (Wildman–Crippen MR) is 109 cm³/mol. The first-order chi connectivity index (χ1) is 14.2. The van der Waals surface area contributed by atoms with Gasteiger partial charge in [0.05, 0.1) is 0 Å². The highest BCUT2D eigenvalue weighted by atomic mass is 16.7. The van der Waals surface area contributed by atoms with E-state index in [4.69, 9.17) is 9.47 Å². The number of aromatic nitrogens is 1. The SMILES string of the molecule is O=C(c1ccncc1)N1CCC2(CCN(Cc3cccc4c3OCO4)CC2)CC1. The molecule has 4 heterocycles. The van der Waals surface area contributed by atoms with Gasteiger partial charge in [-0.1, -0.05) is 12.1 Å². The summed E-state index contributed by atoms with van der Waals surface area (Å²) in [5.74, 6) is 1.91. The molecule has 0 aliphatic carbocycles. The van der Waals surface area contributed by atoms with E-state index in [2.05, 4.69) is 16.0 Å². The standard InChI is InChI=1S/C23H27N3O3/c27-22(18-4-10-24-11-5-18)26-14-8-23(9-15-26)6-12-25(13-7-23)16-19-2-1-3-20-21(19)29-17-28-20/h1-5,10-11H,6-9,12-17H2. The van der Waals surface area contributed by atoms with E-state index in [-0.39, 0.29) is 5.91 Å². The van der Waals surface area contributed by atoms with E-state index in [0.29, 0.717) is 12.2 Å². The third-order valence-corrected chi connectivity index (χ3v) is 6.83. The van der Waals surface area contributed by atoms with Crippen LogP contribution < -0.4 is 9.47 Å². The Morgan fingerprint density at radius 3 is 2.45 bits per heavy atom. The Morgan fingerprint density at radius 2 is 1.69 bits per heavy atom. The van der Waals surface area contributed by atoms with Crippen LogP contribution in [0, 0.1) is 5.41 Å². The molecule has 1 amide bonds. The molecule has 0 bridgehead atoms. The predicted octanol–water partition coefficient (Wildman–Crippen LogP) is 3.33. The fourth-order valence-electron chi connectivity index (χ4n) is 4.90. The summed E-state index contributed by atoms with van der Waals surface area (Å²) in [7, 11) is 0. The number of pyridine rings is 1. The molecule has 0 atom stereocenters. The molecule has 29 heavy (non-hydrogen) atoms. The second-order valence-electron chi connectivity index (χ2n) is 8.46. The van der Waals surface area contributed by atoms with Crippen LogP contribution in [-0.4, -0.2) is 53.7 Å². The summed E-state index contributed by atoms with van der Waals surface area (Å²) in [6.45, 7) is 5.15. The largest absolute Gasteiger partial charge is 0.454 e. The summed E-state index contributed by atoms with van der Waals surface area (Å²) in [6, 6.07) is 9.77. The Morgan fingerprint density at radius 1 is 0.966 bits per heavy atom. The highest BCUT2D eigenvalue weighted by molar-refractivity contribution is 5.94. The lowest BCUT2D eigenvalue weighted by molar-refractivity contribution is 0.0283. The van der Waals surface area contributed by atoms with Gasteiger partial charge in [0, 0.05) is 43.2 Å². The van der Waals surface area contributed by atoms with Crippen molar-refractivity contribution < 1.29 is 14.3 Å². The molecule has 3 aliphatic heterocycles. The van der Waals surface area contributed by atoms with Gasteiger partial charge >= 0.3 is 0 Å². The molecule has 2 aromatic rings. The van der Waals surface area contributed by atoms with Crippen molar-refractivity contribution in [1.82, 2.24) is 14.8 Å². The normalized spacial score (nSPS) is 20.8. The first kappa shape index (κ1) is 18.4. The molecular formula is C23H27N3O3. The monoisotopic (exact) mass is 393 g/mol. The molecule has 1 spiro atoms. The van der Waals surface area contributed by atoms with Crippen LogP contribution >= 0.6 is 0 Å². The molecule has 152 valence electrons. The van der Waals surface area contributed by atoms with Gasteiger partial charge in [-0.2, -0.15) is 0 Å². The van der Waals surface area contributed by atoms with Crippen LogP contribution in [0.15, 0.2) is 42.7 Å². The summed E-state index contributed by atoms with van der Waals surface area (Å²) >= 11 is 0. The molecule has 6 heteroatoms. The number of carbonyl (C=O) groups excluding carboxylic acids is 1. The van der Waals surface area contributed by atoms with Gasteiger partial charge in [0.2, 0.25) is 6.79 Å². The third kappa shape index (κ3) is 3.69.